The molecular formula is C16H31N2O3P. The maximum absolute atomic E-state index is 10.7. The molecule has 5 atom stereocenters. The lowest BCUT2D eigenvalue weighted by Gasteiger charge is -2.47. The molecule has 0 amide bonds. The smallest absolute Gasteiger partial charge is 0.238 e. The second-order valence-electron chi connectivity index (χ2n) is 6.58. The predicted octanol–water partition coefficient (Wildman–Crippen LogP) is 3.14. The van der Waals surface area contributed by atoms with Crippen LogP contribution in [0.5, 0.6) is 0 Å². The van der Waals surface area contributed by atoms with Crippen molar-refractivity contribution in [3.05, 3.63) is 11.4 Å². The van der Waals surface area contributed by atoms with Crippen LogP contribution in [0.15, 0.2) is 0 Å². The molecule has 1 fully saturated rings. The lowest BCUT2D eigenvalue weighted by atomic mass is 9.97. The molecule has 5 nitrogen and oxygen atoms in total. The molecule has 3 unspecified atom stereocenters. The fourth-order valence-electron chi connectivity index (χ4n) is 3.00. The van der Waals surface area contributed by atoms with Crippen LogP contribution in [-0.4, -0.2) is 59.5 Å². The molecule has 0 bridgehead atoms. The van der Waals surface area contributed by atoms with Crippen LogP contribution in [0.4, 0.5) is 0 Å². The van der Waals surface area contributed by atoms with E-state index in [1.54, 1.807) is 0 Å². The molecule has 0 aromatic heterocycles. The van der Waals surface area contributed by atoms with Crippen LogP contribution in [0, 0.1) is 12.5 Å². The number of hydrogen-bond acceptors (Lipinski definition) is 4. The highest BCUT2D eigenvalue weighted by Crippen LogP contribution is 2.54. The molecule has 128 valence electrons. The summed E-state index contributed by atoms with van der Waals surface area (Å²) in [4.78, 5) is 3.38. The number of aliphatic hydroxyl groups excluding tert-OH is 1. The van der Waals surface area contributed by atoms with E-state index < -0.39 is 14.4 Å². The Hall–Kier alpha value is -0.240. The Kier molecular flexibility index (Phi) is 8.24. The summed E-state index contributed by atoms with van der Waals surface area (Å²) in [5.41, 5.74) is 0.0503. The summed E-state index contributed by atoms with van der Waals surface area (Å²) in [6.07, 6.45) is -0.695. The second kappa shape index (κ2) is 9.15. The summed E-state index contributed by atoms with van der Waals surface area (Å²) < 4.78 is 14.2. The summed E-state index contributed by atoms with van der Waals surface area (Å²) in [7, 11) is -0.978. The van der Waals surface area contributed by atoms with Crippen molar-refractivity contribution in [2.75, 3.05) is 19.8 Å². The Balaban J connectivity index is 3.03. The van der Waals surface area contributed by atoms with E-state index in [4.69, 9.17) is 15.8 Å². The molecule has 22 heavy (non-hydrogen) atoms. The molecular weight excluding hydrogens is 299 g/mol. The highest BCUT2D eigenvalue weighted by molar-refractivity contribution is 7.51. The normalized spacial score (nSPS) is 30.8. The topological polar surface area (TPSA) is 46.3 Å². The average Bonchev–Trinajstić information content (AvgIpc) is 2.42. The van der Waals surface area contributed by atoms with Gasteiger partial charge in [0.15, 0.2) is 0 Å². The highest BCUT2D eigenvalue weighted by atomic mass is 31.2. The van der Waals surface area contributed by atoms with E-state index >= 15 is 0 Å². The van der Waals surface area contributed by atoms with Crippen molar-refractivity contribution in [1.29, 1.82) is 0 Å². The van der Waals surface area contributed by atoms with Gasteiger partial charge in [-0.05, 0) is 40.5 Å². The highest BCUT2D eigenvalue weighted by Gasteiger charge is 2.44. The maximum atomic E-state index is 10.7. The van der Waals surface area contributed by atoms with Crippen LogP contribution < -0.4 is 0 Å². The minimum Gasteiger partial charge on any atom is -0.390 e. The largest absolute Gasteiger partial charge is 0.390 e. The minimum atomic E-state index is -0.978. The van der Waals surface area contributed by atoms with Gasteiger partial charge in [-0.2, -0.15) is 0 Å². The lowest BCUT2D eigenvalue weighted by molar-refractivity contribution is -0.0844. The lowest BCUT2D eigenvalue weighted by Crippen LogP contribution is -2.50. The quantitative estimate of drug-likeness (QED) is 0.442. The summed E-state index contributed by atoms with van der Waals surface area (Å²) in [5, 5.41) is 10.7. The van der Waals surface area contributed by atoms with Crippen molar-refractivity contribution in [2.24, 2.45) is 5.92 Å². The molecule has 0 saturated carbocycles. The van der Waals surface area contributed by atoms with Gasteiger partial charge in [-0.15, -0.1) is 0 Å². The first-order valence-electron chi connectivity index (χ1n) is 8.14. The summed E-state index contributed by atoms with van der Waals surface area (Å²) in [6, 6.07) is 0.660. The molecule has 1 aliphatic heterocycles. The SMILES string of the molecule is [C-]#[N+]CCOP(C1C(O)[C@H](C)OC[C@@H]1C)N(C(C)C)C(C)C. The monoisotopic (exact) mass is 330 g/mol. The van der Waals surface area contributed by atoms with Crippen LogP contribution in [-0.2, 0) is 9.26 Å². The number of aliphatic hydroxyl groups is 1. The number of nitrogens with zero attached hydrogens (tertiary/aromatic N) is 2. The van der Waals surface area contributed by atoms with Crippen LogP contribution in [0.1, 0.15) is 41.5 Å². The van der Waals surface area contributed by atoms with E-state index in [9.17, 15) is 5.11 Å². The van der Waals surface area contributed by atoms with Crippen molar-refractivity contribution in [1.82, 2.24) is 4.67 Å². The molecule has 1 aliphatic rings. The van der Waals surface area contributed by atoms with Crippen LogP contribution >= 0.6 is 8.30 Å². The van der Waals surface area contributed by atoms with Gasteiger partial charge >= 0.3 is 0 Å². The number of rotatable bonds is 7. The molecule has 1 N–H and O–H groups in total. The molecule has 0 aliphatic carbocycles. The zero-order valence-electron chi connectivity index (χ0n) is 14.7. The molecule has 6 heteroatoms. The van der Waals surface area contributed by atoms with Gasteiger partial charge in [0.05, 0.1) is 24.5 Å². The maximum Gasteiger partial charge on any atom is 0.238 e. The number of ether oxygens (including phenoxy) is 1. The van der Waals surface area contributed by atoms with E-state index in [1.807, 2.05) is 6.92 Å². The van der Waals surface area contributed by atoms with Crippen LogP contribution in [0.25, 0.3) is 4.85 Å². The average molecular weight is 330 g/mol. The first kappa shape index (κ1) is 19.8. The molecule has 1 saturated heterocycles. The van der Waals surface area contributed by atoms with Crippen LogP contribution in [0.3, 0.4) is 0 Å². The Morgan fingerprint density at radius 1 is 1.32 bits per heavy atom. The van der Waals surface area contributed by atoms with E-state index in [2.05, 4.69) is 44.1 Å². The van der Waals surface area contributed by atoms with E-state index in [-0.39, 0.29) is 17.7 Å². The molecule has 1 rings (SSSR count). The standard InChI is InChI=1S/C16H31N2O3P/c1-11(2)18(12(3)4)22(21-9-8-17-7)16-13(5)10-20-14(6)15(16)19/h11-16,19H,8-10H2,1-6H3/t13-,14-,15?,16?,22?/m0/s1. The van der Waals surface area contributed by atoms with Gasteiger partial charge in [0, 0.05) is 12.1 Å². The van der Waals surface area contributed by atoms with Gasteiger partial charge < -0.3 is 19.2 Å². The Morgan fingerprint density at radius 2 is 1.91 bits per heavy atom. The second-order valence-corrected chi connectivity index (χ2v) is 8.50. The van der Waals surface area contributed by atoms with Gasteiger partial charge in [-0.3, -0.25) is 4.67 Å². The molecule has 0 spiro atoms. The van der Waals surface area contributed by atoms with E-state index in [0.29, 0.717) is 31.8 Å². The number of hydrogen-bond donors (Lipinski definition) is 1. The molecule has 0 radical (unpaired) electrons. The van der Waals surface area contributed by atoms with E-state index in [1.165, 1.54) is 0 Å². The van der Waals surface area contributed by atoms with Crippen molar-refractivity contribution < 1.29 is 14.4 Å². The fraction of sp³-hybridized carbons (Fsp3) is 0.938. The minimum absolute atomic E-state index is 0.0503. The molecule has 0 aromatic rings. The summed E-state index contributed by atoms with van der Waals surface area (Å²) in [5.74, 6) is 0.241. The van der Waals surface area contributed by atoms with Gasteiger partial charge in [-0.1, -0.05) is 6.92 Å². The van der Waals surface area contributed by atoms with Crippen molar-refractivity contribution in [3.8, 4) is 0 Å². The van der Waals surface area contributed by atoms with Gasteiger partial charge in [-0.25, -0.2) is 6.57 Å². The van der Waals surface area contributed by atoms with Crippen molar-refractivity contribution in [3.63, 3.8) is 0 Å². The Labute approximate surface area is 136 Å². The predicted molar refractivity (Wildman–Crippen MR) is 90.8 cm³/mol. The van der Waals surface area contributed by atoms with E-state index in [0.717, 1.165) is 0 Å². The zero-order valence-corrected chi connectivity index (χ0v) is 15.6. The van der Waals surface area contributed by atoms with Gasteiger partial charge in [0.1, 0.15) is 14.9 Å². The molecule has 1 heterocycles. The third-order valence-corrected chi connectivity index (χ3v) is 7.15. The zero-order chi connectivity index (χ0) is 16.9. The van der Waals surface area contributed by atoms with Crippen molar-refractivity contribution in [2.45, 2.75) is 71.5 Å². The fourth-order valence-corrected chi connectivity index (χ4v) is 5.82. The Bertz CT molecular complexity index is 365. The Morgan fingerprint density at radius 3 is 2.41 bits per heavy atom. The third kappa shape index (κ3) is 4.88. The first-order chi connectivity index (χ1) is 10.3. The summed E-state index contributed by atoms with van der Waals surface area (Å²) in [6.45, 7) is 21.1. The van der Waals surface area contributed by atoms with Crippen LogP contribution in [0.2, 0.25) is 0 Å². The molecule has 0 aromatic carbocycles. The summed E-state index contributed by atoms with van der Waals surface area (Å²) >= 11 is 0. The third-order valence-electron chi connectivity index (χ3n) is 4.00. The first-order valence-corrected chi connectivity index (χ1v) is 9.42. The van der Waals surface area contributed by atoms with Gasteiger partial charge in [0.2, 0.25) is 6.54 Å². The van der Waals surface area contributed by atoms with Gasteiger partial charge in [0.25, 0.3) is 0 Å². The van der Waals surface area contributed by atoms with Crippen molar-refractivity contribution >= 4 is 8.30 Å².